The Morgan fingerprint density at radius 3 is 2.20 bits per heavy atom. The zero-order valence-electron chi connectivity index (χ0n) is 12.9. The van der Waals surface area contributed by atoms with E-state index in [1.54, 1.807) is 11.8 Å². The maximum Gasteiger partial charge on any atom is 0.329 e. The van der Waals surface area contributed by atoms with Gasteiger partial charge < -0.3 is 5.11 Å². The number of hydrogen-bond donors (Lipinski definition) is 2. The van der Waals surface area contributed by atoms with E-state index < -0.39 is 11.5 Å². The summed E-state index contributed by atoms with van der Waals surface area (Å²) < 4.78 is 0.0220. The molecule has 0 spiro atoms. The Bertz CT molecular complexity index is 440. The monoisotopic (exact) mass is 295 g/mol. The molecule has 0 amide bonds. The molecule has 0 aliphatic carbocycles. The molecule has 1 aromatic rings. The molecule has 0 saturated heterocycles. The summed E-state index contributed by atoms with van der Waals surface area (Å²) in [7, 11) is 0. The highest BCUT2D eigenvalue weighted by atomic mass is 32.2. The van der Waals surface area contributed by atoms with Crippen LogP contribution >= 0.6 is 11.8 Å². The minimum Gasteiger partial charge on any atom is -0.480 e. The third-order valence-corrected chi connectivity index (χ3v) is 4.33. The van der Waals surface area contributed by atoms with Crippen molar-refractivity contribution >= 4 is 17.7 Å². The van der Waals surface area contributed by atoms with Crippen molar-refractivity contribution in [3.05, 3.63) is 35.9 Å². The average Bonchev–Trinajstić information content (AvgIpc) is 2.33. The van der Waals surface area contributed by atoms with E-state index in [9.17, 15) is 9.90 Å². The Kier molecular flexibility index (Phi) is 5.66. The first-order valence-corrected chi connectivity index (χ1v) is 7.86. The molecule has 4 heteroatoms. The molecule has 0 heterocycles. The lowest BCUT2D eigenvalue weighted by atomic mass is 9.91. The van der Waals surface area contributed by atoms with Crippen molar-refractivity contribution in [1.29, 1.82) is 0 Å². The molecule has 0 radical (unpaired) electrons. The lowest BCUT2D eigenvalue weighted by Crippen LogP contribution is -2.54. The maximum absolute atomic E-state index is 12.0. The quantitative estimate of drug-likeness (QED) is 0.843. The number of thioether (sulfide) groups is 1. The Balaban J connectivity index is 3.18. The molecule has 1 atom stereocenters. The van der Waals surface area contributed by atoms with Gasteiger partial charge in [0.1, 0.15) is 0 Å². The molecule has 0 saturated carbocycles. The van der Waals surface area contributed by atoms with Crippen molar-refractivity contribution in [2.75, 3.05) is 5.75 Å². The maximum atomic E-state index is 12.0. The fraction of sp³-hybridized carbons (Fsp3) is 0.562. The van der Waals surface area contributed by atoms with Crippen LogP contribution in [0.5, 0.6) is 0 Å². The number of rotatable bonds is 6. The van der Waals surface area contributed by atoms with Gasteiger partial charge in [0.25, 0.3) is 0 Å². The van der Waals surface area contributed by atoms with Crippen LogP contribution in [0.4, 0.5) is 0 Å². The van der Waals surface area contributed by atoms with Gasteiger partial charge in [0.2, 0.25) is 0 Å². The predicted octanol–water partition coefficient (Wildman–Crippen LogP) is 3.50. The van der Waals surface area contributed by atoms with Gasteiger partial charge in [-0.05, 0) is 19.4 Å². The fourth-order valence-electron chi connectivity index (χ4n) is 2.00. The van der Waals surface area contributed by atoms with Gasteiger partial charge in [-0.1, -0.05) is 51.1 Å². The van der Waals surface area contributed by atoms with Crippen molar-refractivity contribution in [2.45, 2.75) is 50.9 Å². The van der Waals surface area contributed by atoms with E-state index in [4.69, 9.17) is 0 Å². The van der Waals surface area contributed by atoms with Crippen molar-refractivity contribution < 1.29 is 9.90 Å². The van der Waals surface area contributed by atoms with Crippen molar-refractivity contribution in [3.63, 3.8) is 0 Å². The number of benzene rings is 1. The molecule has 20 heavy (non-hydrogen) atoms. The highest BCUT2D eigenvalue weighted by molar-refractivity contribution is 8.00. The zero-order chi connectivity index (χ0) is 15.4. The van der Waals surface area contributed by atoms with Crippen molar-refractivity contribution in [1.82, 2.24) is 5.32 Å². The van der Waals surface area contributed by atoms with E-state index in [1.165, 1.54) is 0 Å². The average molecular weight is 295 g/mol. The third-order valence-electron chi connectivity index (χ3n) is 2.89. The van der Waals surface area contributed by atoms with Gasteiger partial charge in [0.05, 0.1) is 0 Å². The third kappa shape index (κ3) is 4.53. The zero-order valence-corrected chi connectivity index (χ0v) is 13.8. The summed E-state index contributed by atoms with van der Waals surface area (Å²) in [5.74, 6) is -0.331. The summed E-state index contributed by atoms with van der Waals surface area (Å²) in [4.78, 5) is 12.0. The summed E-state index contributed by atoms with van der Waals surface area (Å²) in [6.45, 7) is 10.3. The first-order chi connectivity index (χ1) is 9.17. The lowest BCUT2D eigenvalue weighted by molar-refractivity contribution is -0.144. The highest BCUT2D eigenvalue weighted by Gasteiger charge is 2.41. The van der Waals surface area contributed by atoms with Gasteiger partial charge in [-0.25, -0.2) is 4.79 Å². The Morgan fingerprint density at radius 1 is 1.25 bits per heavy atom. The number of carbonyl (C=O) groups is 1. The van der Waals surface area contributed by atoms with Crippen LogP contribution in [0.2, 0.25) is 0 Å². The van der Waals surface area contributed by atoms with Crippen LogP contribution in [0.3, 0.4) is 0 Å². The minimum absolute atomic E-state index is 0.0220. The molecular weight excluding hydrogens is 270 g/mol. The molecule has 1 rings (SSSR count). The summed E-state index contributed by atoms with van der Waals surface area (Å²) in [5.41, 5.74) is -0.245. The standard InChI is InChI=1S/C16H25NO2S/c1-12(2)17-16(14(18)19,11-20-15(3,4)5)13-9-7-6-8-10-13/h6-10,12,17H,11H2,1-5H3,(H,18,19). The fourth-order valence-corrected chi connectivity index (χ4v) is 3.02. The topological polar surface area (TPSA) is 49.3 Å². The smallest absolute Gasteiger partial charge is 0.329 e. The molecule has 1 aromatic carbocycles. The van der Waals surface area contributed by atoms with Gasteiger partial charge in [-0.2, -0.15) is 11.8 Å². The van der Waals surface area contributed by atoms with Crippen LogP contribution < -0.4 is 5.32 Å². The summed E-state index contributed by atoms with van der Waals surface area (Å²) in [6.07, 6.45) is 0. The number of aliphatic carboxylic acids is 1. The number of nitrogens with one attached hydrogen (secondary N) is 1. The van der Waals surface area contributed by atoms with Gasteiger partial charge >= 0.3 is 5.97 Å². The Hall–Kier alpha value is -1.00. The van der Waals surface area contributed by atoms with E-state index in [-0.39, 0.29) is 10.8 Å². The summed E-state index contributed by atoms with van der Waals surface area (Å²) in [6, 6.07) is 9.53. The van der Waals surface area contributed by atoms with Crippen LogP contribution in [0.15, 0.2) is 30.3 Å². The highest BCUT2D eigenvalue weighted by Crippen LogP contribution is 2.33. The number of carboxylic acid groups (broad SMARTS) is 1. The SMILES string of the molecule is CC(C)NC(CSC(C)(C)C)(C(=O)O)c1ccccc1. The normalized spacial score (nSPS) is 15.1. The molecule has 0 aliphatic heterocycles. The largest absolute Gasteiger partial charge is 0.480 e. The van der Waals surface area contributed by atoms with Crippen LogP contribution in [0.1, 0.15) is 40.2 Å². The molecular formula is C16H25NO2S. The minimum atomic E-state index is -1.05. The van der Waals surface area contributed by atoms with E-state index in [0.717, 1.165) is 5.56 Å². The summed E-state index contributed by atoms with van der Waals surface area (Å²) in [5, 5.41) is 13.1. The Labute approximate surface area is 126 Å². The molecule has 0 fully saturated rings. The van der Waals surface area contributed by atoms with E-state index in [1.807, 2.05) is 44.2 Å². The van der Waals surface area contributed by atoms with Crippen LogP contribution in [-0.4, -0.2) is 27.6 Å². The predicted molar refractivity (Wildman–Crippen MR) is 86.2 cm³/mol. The molecule has 0 aromatic heterocycles. The van der Waals surface area contributed by atoms with E-state index >= 15 is 0 Å². The second kappa shape index (κ2) is 6.64. The number of carboxylic acids is 1. The second-order valence-corrected chi connectivity index (χ2v) is 8.08. The van der Waals surface area contributed by atoms with Crippen LogP contribution in [-0.2, 0) is 10.3 Å². The van der Waals surface area contributed by atoms with Gasteiger partial charge in [0.15, 0.2) is 5.54 Å². The summed E-state index contributed by atoms with van der Waals surface area (Å²) >= 11 is 1.66. The lowest BCUT2D eigenvalue weighted by Gasteiger charge is -2.35. The van der Waals surface area contributed by atoms with Crippen LogP contribution in [0, 0.1) is 0 Å². The molecule has 0 aliphatic rings. The molecule has 1 unspecified atom stereocenters. The molecule has 3 nitrogen and oxygen atoms in total. The molecule has 2 N–H and O–H groups in total. The van der Waals surface area contributed by atoms with E-state index in [0.29, 0.717) is 5.75 Å². The molecule has 0 bridgehead atoms. The van der Waals surface area contributed by atoms with Crippen molar-refractivity contribution in [2.24, 2.45) is 0 Å². The van der Waals surface area contributed by atoms with Crippen molar-refractivity contribution in [3.8, 4) is 0 Å². The van der Waals surface area contributed by atoms with Gasteiger partial charge in [0, 0.05) is 16.5 Å². The molecule has 112 valence electrons. The first-order valence-electron chi connectivity index (χ1n) is 6.88. The van der Waals surface area contributed by atoms with Crippen LogP contribution in [0.25, 0.3) is 0 Å². The van der Waals surface area contributed by atoms with Gasteiger partial charge in [-0.3, -0.25) is 5.32 Å². The second-order valence-electron chi connectivity index (χ2n) is 6.28. The Morgan fingerprint density at radius 2 is 1.80 bits per heavy atom. The van der Waals surface area contributed by atoms with Gasteiger partial charge in [-0.15, -0.1) is 0 Å². The number of hydrogen-bond acceptors (Lipinski definition) is 3. The van der Waals surface area contributed by atoms with E-state index in [2.05, 4.69) is 26.1 Å². The first kappa shape index (κ1) is 17.1.